The summed E-state index contributed by atoms with van der Waals surface area (Å²) in [6.45, 7) is 6.47. The van der Waals surface area contributed by atoms with E-state index in [0.717, 1.165) is 83.5 Å². The lowest BCUT2D eigenvalue weighted by Gasteiger charge is -2.18. The van der Waals surface area contributed by atoms with Gasteiger partial charge in [0.05, 0.1) is 0 Å². The van der Waals surface area contributed by atoms with Crippen LogP contribution in [0.25, 0.3) is 0 Å². The summed E-state index contributed by atoms with van der Waals surface area (Å²) >= 11 is 0. The summed E-state index contributed by atoms with van der Waals surface area (Å²) in [5, 5.41) is 0. The largest absolute Gasteiger partial charge is 0.462 e. The quantitative estimate of drug-likeness (QED) is 0.0262. The standard InChI is InChI=1S/C58H100O6/c1-4-7-10-13-16-19-22-25-28-29-31-33-36-39-42-45-48-51-57(60)63-54-55(53-62-56(59)50-47-44-41-38-35-32-27-24-21-18-15-12-9-6-3)64-58(61)52-49-46-43-40-37-34-30-26-23-20-17-14-11-8-5-2/h7,10,16,19,24-25,27-28,31,33,39,42,55H,4-6,8-9,11-15,17-18,20-23,26,29-30,32,34-38,40-41,43-54H2,1-3H3/b10-7-,19-16-,27-24-,28-25-,33-31-,42-39-. The van der Waals surface area contributed by atoms with Gasteiger partial charge in [-0.25, -0.2) is 0 Å². The zero-order valence-electron chi connectivity index (χ0n) is 42.0. The summed E-state index contributed by atoms with van der Waals surface area (Å²) in [5.74, 6) is -0.958. The third-order valence-electron chi connectivity index (χ3n) is 11.4. The second kappa shape index (κ2) is 52.5. The van der Waals surface area contributed by atoms with Gasteiger partial charge in [0.2, 0.25) is 0 Å². The van der Waals surface area contributed by atoms with E-state index >= 15 is 0 Å². The van der Waals surface area contributed by atoms with Gasteiger partial charge in [-0.3, -0.25) is 14.4 Å². The molecule has 0 radical (unpaired) electrons. The maximum atomic E-state index is 12.8. The van der Waals surface area contributed by atoms with E-state index in [1.54, 1.807) is 0 Å². The topological polar surface area (TPSA) is 78.9 Å². The normalized spacial score (nSPS) is 12.6. The van der Waals surface area contributed by atoms with Gasteiger partial charge in [0.15, 0.2) is 6.10 Å². The van der Waals surface area contributed by atoms with E-state index in [4.69, 9.17) is 14.2 Å². The van der Waals surface area contributed by atoms with Crippen molar-refractivity contribution in [2.75, 3.05) is 13.2 Å². The van der Waals surface area contributed by atoms with Crippen LogP contribution in [0.15, 0.2) is 72.9 Å². The van der Waals surface area contributed by atoms with E-state index in [1.807, 2.05) is 0 Å². The fourth-order valence-corrected chi connectivity index (χ4v) is 7.41. The van der Waals surface area contributed by atoms with E-state index in [2.05, 4.69) is 93.7 Å². The number of allylic oxidation sites excluding steroid dienone is 12. The molecule has 0 rings (SSSR count). The zero-order valence-corrected chi connectivity index (χ0v) is 42.0. The summed E-state index contributed by atoms with van der Waals surface area (Å²) < 4.78 is 16.8. The minimum absolute atomic E-state index is 0.0956. The molecule has 0 bridgehead atoms. The van der Waals surface area contributed by atoms with Gasteiger partial charge in [-0.2, -0.15) is 0 Å². The molecule has 1 atom stereocenters. The molecule has 0 fully saturated rings. The molecular formula is C58H100O6. The number of unbranched alkanes of at least 4 members (excludes halogenated alkanes) is 25. The average Bonchev–Trinajstić information content (AvgIpc) is 3.29. The fourth-order valence-electron chi connectivity index (χ4n) is 7.41. The Morgan fingerprint density at radius 3 is 1.03 bits per heavy atom. The Bertz CT molecular complexity index is 1210. The third-order valence-corrected chi connectivity index (χ3v) is 11.4. The number of hydrogen-bond acceptors (Lipinski definition) is 6. The Hall–Kier alpha value is -3.15. The second-order valence-corrected chi connectivity index (χ2v) is 17.8. The molecule has 6 heteroatoms. The number of hydrogen-bond donors (Lipinski definition) is 0. The Labute approximate surface area is 395 Å². The molecule has 6 nitrogen and oxygen atoms in total. The first kappa shape index (κ1) is 60.9. The maximum absolute atomic E-state index is 12.8. The minimum atomic E-state index is -0.799. The highest BCUT2D eigenvalue weighted by atomic mass is 16.6. The molecule has 64 heavy (non-hydrogen) atoms. The number of carbonyl (C=O) groups is 3. The van der Waals surface area contributed by atoms with Crippen LogP contribution >= 0.6 is 0 Å². The summed E-state index contributed by atoms with van der Waals surface area (Å²) in [6.07, 6.45) is 66.0. The molecule has 0 aromatic heterocycles. The maximum Gasteiger partial charge on any atom is 0.306 e. The van der Waals surface area contributed by atoms with Crippen LogP contribution in [0.1, 0.15) is 258 Å². The molecular weight excluding hydrogens is 793 g/mol. The van der Waals surface area contributed by atoms with Gasteiger partial charge in [0, 0.05) is 19.3 Å². The van der Waals surface area contributed by atoms with Gasteiger partial charge < -0.3 is 14.2 Å². The van der Waals surface area contributed by atoms with Crippen molar-refractivity contribution in [1.29, 1.82) is 0 Å². The van der Waals surface area contributed by atoms with Crippen LogP contribution in [0, 0.1) is 0 Å². The predicted molar refractivity (Wildman–Crippen MR) is 274 cm³/mol. The number of rotatable bonds is 48. The average molecular weight is 893 g/mol. The highest BCUT2D eigenvalue weighted by Crippen LogP contribution is 2.15. The summed E-state index contributed by atoms with van der Waals surface area (Å²) in [7, 11) is 0. The van der Waals surface area contributed by atoms with Gasteiger partial charge in [0.1, 0.15) is 13.2 Å². The fraction of sp³-hybridized carbons (Fsp3) is 0.741. The molecule has 0 aromatic rings. The number of carbonyl (C=O) groups excluding carboxylic acids is 3. The van der Waals surface area contributed by atoms with Crippen molar-refractivity contribution in [2.45, 2.75) is 264 Å². The van der Waals surface area contributed by atoms with E-state index in [1.165, 1.54) is 128 Å². The van der Waals surface area contributed by atoms with Gasteiger partial charge in [-0.1, -0.05) is 229 Å². The number of esters is 3. The highest BCUT2D eigenvalue weighted by Gasteiger charge is 2.19. The van der Waals surface area contributed by atoms with E-state index in [9.17, 15) is 14.4 Å². The van der Waals surface area contributed by atoms with Gasteiger partial charge in [0.25, 0.3) is 0 Å². The van der Waals surface area contributed by atoms with Gasteiger partial charge in [-0.05, 0) is 83.5 Å². The lowest BCUT2D eigenvalue weighted by atomic mass is 10.0. The lowest BCUT2D eigenvalue weighted by molar-refractivity contribution is -0.167. The molecule has 368 valence electrons. The second-order valence-electron chi connectivity index (χ2n) is 17.8. The first-order valence-electron chi connectivity index (χ1n) is 26.9. The van der Waals surface area contributed by atoms with E-state index in [0.29, 0.717) is 19.3 Å². The van der Waals surface area contributed by atoms with Crippen LogP contribution in [0.3, 0.4) is 0 Å². The smallest absolute Gasteiger partial charge is 0.306 e. The number of ether oxygens (including phenoxy) is 3. The highest BCUT2D eigenvalue weighted by molar-refractivity contribution is 5.71. The predicted octanol–water partition coefficient (Wildman–Crippen LogP) is 17.8. The summed E-state index contributed by atoms with van der Waals surface area (Å²) in [5.41, 5.74) is 0. The van der Waals surface area contributed by atoms with Crippen LogP contribution in [-0.2, 0) is 28.6 Å². The Morgan fingerprint density at radius 2 is 0.625 bits per heavy atom. The molecule has 0 saturated heterocycles. The lowest BCUT2D eigenvalue weighted by Crippen LogP contribution is -2.30. The molecule has 0 amide bonds. The van der Waals surface area contributed by atoms with Gasteiger partial charge in [-0.15, -0.1) is 0 Å². The molecule has 0 N–H and O–H groups in total. The van der Waals surface area contributed by atoms with Crippen LogP contribution < -0.4 is 0 Å². The van der Waals surface area contributed by atoms with Gasteiger partial charge >= 0.3 is 17.9 Å². The molecule has 0 aliphatic heterocycles. The van der Waals surface area contributed by atoms with Crippen molar-refractivity contribution in [3.8, 4) is 0 Å². The van der Waals surface area contributed by atoms with Crippen molar-refractivity contribution >= 4 is 17.9 Å². The summed E-state index contributed by atoms with van der Waals surface area (Å²) in [6, 6.07) is 0. The Kier molecular flexibility index (Phi) is 49.9. The van der Waals surface area contributed by atoms with E-state index in [-0.39, 0.29) is 37.5 Å². The first-order chi connectivity index (χ1) is 31.5. The van der Waals surface area contributed by atoms with Crippen LogP contribution in [0.5, 0.6) is 0 Å². The van der Waals surface area contributed by atoms with E-state index < -0.39 is 6.10 Å². The molecule has 0 aliphatic rings. The van der Waals surface area contributed by atoms with Crippen molar-refractivity contribution < 1.29 is 28.6 Å². The van der Waals surface area contributed by atoms with Crippen LogP contribution in [0.4, 0.5) is 0 Å². The molecule has 0 aromatic carbocycles. The Morgan fingerprint density at radius 1 is 0.328 bits per heavy atom. The molecule has 0 aliphatic carbocycles. The monoisotopic (exact) mass is 893 g/mol. The molecule has 0 saturated carbocycles. The zero-order chi connectivity index (χ0) is 46.5. The molecule has 0 heterocycles. The van der Waals surface area contributed by atoms with Crippen molar-refractivity contribution in [3.63, 3.8) is 0 Å². The summed E-state index contributed by atoms with van der Waals surface area (Å²) in [4.78, 5) is 38.0. The van der Waals surface area contributed by atoms with Crippen molar-refractivity contribution in [2.24, 2.45) is 0 Å². The third kappa shape index (κ3) is 49.9. The SMILES string of the molecule is CC/C=C\C/C=C\C/C=C\C/C=C\C/C=C\CCCC(=O)OCC(COC(=O)CCCCCCC/C=C\CCCCCCC)OC(=O)CCCCCCCCCCCCCCCCC. The molecule has 1 unspecified atom stereocenters. The van der Waals surface area contributed by atoms with Crippen LogP contribution in [-0.4, -0.2) is 37.2 Å². The minimum Gasteiger partial charge on any atom is -0.462 e. The molecule has 0 spiro atoms. The van der Waals surface area contributed by atoms with Crippen molar-refractivity contribution in [1.82, 2.24) is 0 Å². The van der Waals surface area contributed by atoms with Crippen molar-refractivity contribution in [3.05, 3.63) is 72.9 Å². The van der Waals surface area contributed by atoms with Crippen LogP contribution in [0.2, 0.25) is 0 Å². The first-order valence-corrected chi connectivity index (χ1v) is 26.9. The Balaban J connectivity index is 4.47.